The van der Waals surface area contributed by atoms with Crippen LogP contribution < -0.4 is 10.6 Å². The molecule has 3 rings (SSSR count). The van der Waals surface area contributed by atoms with Gasteiger partial charge in [0.2, 0.25) is 5.91 Å². The highest BCUT2D eigenvalue weighted by molar-refractivity contribution is 6.10. The Morgan fingerprint density at radius 1 is 1.42 bits per heavy atom. The Balaban J connectivity index is 2.04. The number of nitrogens with one attached hydrogen (secondary N) is 3. The third kappa shape index (κ3) is 3.16. The number of amides is 2. The molecule has 24 heavy (non-hydrogen) atoms. The van der Waals surface area contributed by atoms with Crippen molar-refractivity contribution in [3.8, 4) is 0 Å². The van der Waals surface area contributed by atoms with Crippen molar-refractivity contribution in [2.75, 3.05) is 19.7 Å². The van der Waals surface area contributed by atoms with Crippen molar-refractivity contribution < 1.29 is 19.1 Å². The lowest BCUT2D eigenvalue weighted by Gasteiger charge is -2.06. The minimum absolute atomic E-state index is 0.00114. The number of H-pyrrole nitrogens is 1. The van der Waals surface area contributed by atoms with Gasteiger partial charge in [-0.1, -0.05) is 0 Å². The van der Waals surface area contributed by atoms with Gasteiger partial charge in [-0.2, -0.15) is 0 Å². The lowest BCUT2D eigenvalue weighted by atomic mass is 9.99. The predicted octanol–water partition coefficient (Wildman–Crippen LogP) is 1.32. The zero-order valence-corrected chi connectivity index (χ0v) is 13.0. The summed E-state index contributed by atoms with van der Waals surface area (Å²) >= 11 is 0. The zero-order valence-electron chi connectivity index (χ0n) is 13.0. The number of carbonyl (C=O) groups is 2. The quantitative estimate of drug-likeness (QED) is 0.503. The van der Waals surface area contributed by atoms with Crippen molar-refractivity contribution in [3.05, 3.63) is 41.3 Å². The SMILES string of the molecule is O=C(C=C1CCNC(=O)c2[nH]c3ccc(F)cc3c21)NCCCO. The Labute approximate surface area is 137 Å². The average Bonchev–Trinajstić information content (AvgIpc) is 2.85. The Bertz CT molecular complexity index is 826. The molecule has 0 atom stereocenters. The fraction of sp³-hybridized carbons (Fsp3) is 0.294. The van der Waals surface area contributed by atoms with E-state index in [1.165, 1.54) is 18.2 Å². The summed E-state index contributed by atoms with van der Waals surface area (Å²) in [6.45, 7) is 0.765. The number of aromatic amines is 1. The monoisotopic (exact) mass is 331 g/mol. The summed E-state index contributed by atoms with van der Waals surface area (Å²) in [5.41, 5.74) is 2.21. The molecule has 0 bridgehead atoms. The first-order valence-electron chi connectivity index (χ1n) is 7.79. The second-order valence-corrected chi connectivity index (χ2v) is 5.61. The van der Waals surface area contributed by atoms with Gasteiger partial charge in [-0.25, -0.2) is 4.39 Å². The second kappa shape index (κ2) is 6.84. The van der Waals surface area contributed by atoms with Crippen molar-refractivity contribution in [1.82, 2.24) is 15.6 Å². The van der Waals surface area contributed by atoms with Crippen molar-refractivity contribution in [2.45, 2.75) is 12.8 Å². The molecule has 1 aromatic heterocycles. The highest BCUT2D eigenvalue weighted by Crippen LogP contribution is 2.32. The number of hydrogen-bond acceptors (Lipinski definition) is 3. The fourth-order valence-electron chi connectivity index (χ4n) is 2.84. The van der Waals surface area contributed by atoms with Gasteiger partial charge >= 0.3 is 0 Å². The average molecular weight is 331 g/mol. The zero-order chi connectivity index (χ0) is 17.1. The first-order chi connectivity index (χ1) is 11.6. The molecule has 0 aliphatic carbocycles. The second-order valence-electron chi connectivity index (χ2n) is 5.61. The molecule has 126 valence electrons. The number of hydrogen-bond donors (Lipinski definition) is 4. The van der Waals surface area contributed by atoms with Crippen LogP contribution in [0.4, 0.5) is 4.39 Å². The molecule has 6 nitrogen and oxygen atoms in total. The number of fused-ring (bicyclic) bond motifs is 3. The Kier molecular flexibility index (Phi) is 4.61. The largest absolute Gasteiger partial charge is 0.396 e. The van der Waals surface area contributed by atoms with Gasteiger partial charge in [-0.15, -0.1) is 0 Å². The van der Waals surface area contributed by atoms with Crippen LogP contribution in [0.2, 0.25) is 0 Å². The van der Waals surface area contributed by atoms with E-state index in [9.17, 15) is 14.0 Å². The van der Waals surface area contributed by atoms with E-state index in [2.05, 4.69) is 15.6 Å². The Morgan fingerprint density at radius 2 is 2.25 bits per heavy atom. The molecule has 1 aliphatic heterocycles. The standard InChI is InChI=1S/C17H18FN3O3/c18-11-2-3-13-12(9-11)15-10(8-14(23)19-5-1-7-22)4-6-20-17(24)16(15)21-13/h2-3,8-9,21-22H,1,4-7H2,(H,19,23)(H,20,24). The number of aliphatic hydroxyl groups is 1. The van der Waals surface area contributed by atoms with Crippen LogP contribution in [0, 0.1) is 5.82 Å². The van der Waals surface area contributed by atoms with E-state index in [0.29, 0.717) is 53.7 Å². The van der Waals surface area contributed by atoms with E-state index in [1.807, 2.05) is 0 Å². The molecular weight excluding hydrogens is 313 g/mol. The summed E-state index contributed by atoms with van der Waals surface area (Å²) in [7, 11) is 0. The summed E-state index contributed by atoms with van der Waals surface area (Å²) in [6, 6.07) is 4.26. The molecule has 4 N–H and O–H groups in total. The summed E-state index contributed by atoms with van der Waals surface area (Å²) < 4.78 is 13.6. The van der Waals surface area contributed by atoms with Crippen molar-refractivity contribution in [2.24, 2.45) is 0 Å². The number of benzene rings is 1. The molecule has 0 saturated carbocycles. The van der Waals surface area contributed by atoms with E-state index in [-0.39, 0.29) is 18.4 Å². The Morgan fingerprint density at radius 3 is 3.04 bits per heavy atom. The maximum absolute atomic E-state index is 13.6. The molecule has 0 spiro atoms. The van der Waals surface area contributed by atoms with E-state index in [0.717, 1.165) is 0 Å². The lowest BCUT2D eigenvalue weighted by Crippen LogP contribution is -2.23. The van der Waals surface area contributed by atoms with E-state index < -0.39 is 5.82 Å². The molecule has 0 unspecified atom stereocenters. The normalized spacial score (nSPS) is 15.9. The van der Waals surface area contributed by atoms with Gasteiger partial charge in [0.05, 0.1) is 0 Å². The Hall–Kier alpha value is -2.67. The van der Waals surface area contributed by atoms with Gasteiger partial charge in [0, 0.05) is 42.2 Å². The number of aromatic nitrogens is 1. The number of aliphatic hydroxyl groups excluding tert-OH is 1. The third-order valence-electron chi connectivity index (χ3n) is 3.93. The maximum atomic E-state index is 13.6. The minimum atomic E-state index is -0.402. The van der Waals surface area contributed by atoms with Gasteiger partial charge in [0.1, 0.15) is 11.5 Å². The van der Waals surface area contributed by atoms with E-state index >= 15 is 0 Å². The smallest absolute Gasteiger partial charge is 0.268 e. The van der Waals surface area contributed by atoms with Gasteiger partial charge in [0.25, 0.3) is 5.91 Å². The van der Waals surface area contributed by atoms with Crippen LogP contribution >= 0.6 is 0 Å². The number of rotatable bonds is 4. The third-order valence-corrected chi connectivity index (χ3v) is 3.93. The van der Waals surface area contributed by atoms with Crippen LogP contribution in [0.5, 0.6) is 0 Å². The van der Waals surface area contributed by atoms with Crippen LogP contribution in [0.1, 0.15) is 28.9 Å². The first kappa shape index (κ1) is 16.2. The first-order valence-corrected chi connectivity index (χ1v) is 7.79. The molecule has 7 heteroatoms. The maximum Gasteiger partial charge on any atom is 0.268 e. The summed E-state index contributed by atoms with van der Waals surface area (Å²) in [6.07, 6.45) is 2.38. The van der Waals surface area contributed by atoms with E-state index in [1.54, 1.807) is 6.07 Å². The van der Waals surface area contributed by atoms with Crippen LogP contribution in [-0.4, -0.2) is 41.6 Å². The summed E-state index contributed by atoms with van der Waals surface area (Å²) in [4.78, 5) is 27.3. The minimum Gasteiger partial charge on any atom is -0.396 e. The molecule has 2 heterocycles. The van der Waals surface area contributed by atoms with Crippen LogP contribution in [0.3, 0.4) is 0 Å². The molecule has 2 amide bonds. The highest BCUT2D eigenvalue weighted by Gasteiger charge is 2.24. The fourth-order valence-corrected chi connectivity index (χ4v) is 2.84. The van der Waals surface area contributed by atoms with Crippen molar-refractivity contribution in [1.29, 1.82) is 0 Å². The lowest BCUT2D eigenvalue weighted by molar-refractivity contribution is -0.116. The molecule has 2 aromatic rings. The van der Waals surface area contributed by atoms with Crippen LogP contribution in [-0.2, 0) is 4.79 Å². The van der Waals surface area contributed by atoms with Gasteiger partial charge < -0.3 is 20.7 Å². The van der Waals surface area contributed by atoms with Crippen molar-refractivity contribution >= 4 is 28.3 Å². The molecule has 0 fully saturated rings. The number of halogens is 1. The summed E-state index contributed by atoms with van der Waals surface area (Å²) in [5, 5.41) is 14.8. The molecule has 0 radical (unpaired) electrons. The molecule has 1 aromatic carbocycles. The predicted molar refractivity (Wildman–Crippen MR) is 87.9 cm³/mol. The number of carbonyl (C=O) groups excluding carboxylic acids is 2. The topological polar surface area (TPSA) is 94.2 Å². The van der Waals surface area contributed by atoms with Crippen molar-refractivity contribution in [3.63, 3.8) is 0 Å². The van der Waals surface area contributed by atoms with Gasteiger partial charge in [0.15, 0.2) is 0 Å². The van der Waals surface area contributed by atoms with Gasteiger partial charge in [-0.3, -0.25) is 9.59 Å². The molecule has 1 aliphatic rings. The molecule has 0 saturated heterocycles. The van der Waals surface area contributed by atoms with Crippen LogP contribution in [0.15, 0.2) is 24.3 Å². The van der Waals surface area contributed by atoms with Crippen LogP contribution in [0.25, 0.3) is 16.5 Å². The van der Waals surface area contributed by atoms with E-state index in [4.69, 9.17) is 5.11 Å². The highest BCUT2D eigenvalue weighted by atomic mass is 19.1. The van der Waals surface area contributed by atoms with Gasteiger partial charge in [-0.05, 0) is 36.6 Å². The summed E-state index contributed by atoms with van der Waals surface area (Å²) in [5.74, 6) is -0.976. The molecular formula is C17H18FN3O3.